The fourth-order valence-electron chi connectivity index (χ4n) is 7.42. The lowest BCUT2D eigenvalue weighted by Crippen LogP contribution is -2.75. The predicted octanol–water partition coefficient (Wildman–Crippen LogP) is 8.25. The molecule has 0 amide bonds. The van der Waals surface area contributed by atoms with E-state index in [9.17, 15) is 5.26 Å². The number of nitrogens with zero attached hydrogens (tertiary/aromatic N) is 3. The van der Waals surface area contributed by atoms with Gasteiger partial charge in [0.15, 0.2) is 13.8 Å². The third-order valence-corrected chi connectivity index (χ3v) is 14.3. The number of aromatic nitrogens is 1. The van der Waals surface area contributed by atoms with E-state index in [1.807, 2.05) is 30.3 Å². The number of fused-ring (bicyclic) bond motifs is 3. The number of hydrogen-bond acceptors (Lipinski definition) is 1. The largest absolute Gasteiger partial charge is 0.309 e. The van der Waals surface area contributed by atoms with E-state index in [0.29, 0.717) is 11.3 Å². The van der Waals surface area contributed by atoms with Crippen molar-refractivity contribution in [2.75, 3.05) is 0 Å². The maximum absolute atomic E-state index is 10.7. The first-order chi connectivity index (χ1) is 23.8. The monoisotopic (exact) mass is 627 g/mol. The molecule has 8 rings (SSSR count). The Morgan fingerprint density at radius 3 is 1.54 bits per heavy atom. The fourth-order valence-corrected chi connectivity index (χ4v) is 12.5. The fraction of sp³-hybridized carbons (Fsp3) is 0. The zero-order chi connectivity index (χ0) is 32.5. The Hall–Kier alpha value is -6.46. The third-order valence-electron chi connectivity index (χ3n) is 9.40. The summed E-state index contributed by atoms with van der Waals surface area (Å²) in [6.07, 6.45) is 0. The first kappa shape index (κ1) is 29.0. The Balaban J connectivity index is 1.45. The highest BCUT2D eigenvalue weighted by Gasteiger charge is 2.45. The summed E-state index contributed by atoms with van der Waals surface area (Å²) in [5, 5.41) is 17.3. The van der Waals surface area contributed by atoms with Gasteiger partial charge in [-0.3, -0.25) is 0 Å². The van der Waals surface area contributed by atoms with Gasteiger partial charge >= 0.3 is 0 Å². The maximum atomic E-state index is 10.7. The third kappa shape index (κ3) is 4.48. The van der Waals surface area contributed by atoms with Crippen molar-refractivity contribution in [1.82, 2.24) is 4.57 Å². The van der Waals surface area contributed by atoms with Gasteiger partial charge in [-0.15, -0.1) is 0 Å². The summed E-state index contributed by atoms with van der Waals surface area (Å²) in [5.41, 5.74) is 6.09. The second-order valence-corrected chi connectivity index (χ2v) is 15.6. The van der Waals surface area contributed by atoms with Gasteiger partial charge in [0.25, 0.3) is 0 Å². The topological polar surface area (TPSA) is 33.1 Å². The van der Waals surface area contributed by atoms with Crippen molar-refractivity contribution in [1.29, 1.82) is 5.26 Å². The van der Waals surface area contributed by atoms with Crippen LogP contribution in [0.25, 0.3) is 43.5 Å². The number of benzene rings is 7. The van der Waals surface area contributed by atoms with E-state index < -0.39 is 8.07 Å². The molecule has 0 aliphatic rings. The van der Waals surface area contributed by atoms with Crippen LogP contribution in [0.3, 0.4) is 0 Å². The van der Waals surface area contributed by atoms with Crippen molar-refractivity contribution in [2.45, 2.75) is 0 Å². The van der Waals surface area contributed by atoms with Gasteiger partial charge < -0.3 is 4.57 Å². The highest BCUT2D eigenvalue weighted by atomic mass is 28.3. The minimum absolute atomic E-state index is 0.525. The van der Waals surface area contributed by atoms with Gasteiger partial charge in [0, 0.05) is 22.0 Å². The minimum Gasteiger partial charge on any atom is -0.309 e. The predicted molar refractivity (Wildman–Crippen MR) is 201 cm³/mol. The highest BCUT2D eigenvalue weighted by Crippen LogP contribution is 2.36. The van der Waals surface area contributed by atoms with Crippen molar-refractivity contribution in [3.8, 4) is 22.9 Å². The second-order valence-electron chi connectivity index (χ2n) is 11.9. The van der Waals surface area contributed by atoms with Gasteiger partial charge in [-0.1, -0.05) is 146 Å². The molecule has 0 aliphatic carbocycles. The molecule has 0 bridgehead atoms. The van der Waals surface area contributed by atoms with E-state index >= 15 is 0 Å². The first-order valence-electron chi connectivity index (χ1n) is 16.0. The molecule has 8 aromatic rings. The van der Waals surface area contributed by atoms with Gasteiger partial charge in [-0.2, -0.15) is 5.26 Å². The van der Waals surface area contributed by atoms with Gasteiger partial charge in [-0.25, -0.2) is 4.85 Å². The Morgan fingerprint density at radius 2 is 1.04 bits per heavy atom. The van der Waals surface area contributed by atoms with Gasteiger partial charge in [-0.05, 0) is 62.2 Å². The highest BCUT2D eigenvalue weighted by molar-refractivity contribution is 7.20. The molecule has 0 radical (unpaired) electrons. The quantitative estimate of drug-likeness (QED) is 0.104. The number of nitriles is 1. The maximum Gasteiger partial charge on any atom is 0.196 e. The molecule has 0 atom stereocenters. The Kier molecular flexibility index (Phi) is 7.27. The molecule has 4 heteroatoms. The van der Waals surface area contributed by atoms with Crippen LogP contribution in [0.5, 0.6) is 0 Å². The molecule has 0 saturated carbocycles. The van der Waals surface area contributed by atoms with E-state index in [1.165, 1.54) is 10.8 Å². The van der Waals surface area contributed by atoms with E-state index in [0.717, 1.165) is 48.6 Å². The summed E-state index contributed by atoms with van der Waals surface area (Å²) in [5.74, 6) is 0. The first-order valence-corrected chi connectivity index (χ1v) is 18.0. The van der Waals surface area contributed by atoms with Crippen molar-refractivity contribution in [2.24, 2.45) is 0 Å². The normalized spacial score (nSPS) is 11.3. The number of hydrogen-bond donors (Lipinski definition) is 0. The van der Waals surface area contributed by atoms with Gasteiger partial charge in [0.05, 0.1) is 23.7 Å². The Labute approximate surface area is 281 Å². The molecule has 0 saturated heterocycles. The van der Waals surface area contributed by atoms with Crippen molar-refractivity contribution < 1.29 is 0 Å². The van der Waals surface area contributed by atoms with E-state index in [-0.39, 0.29) is 0 Å². The van der Waals surface area contributed by atoms with Crippen LogP contribution in [-0.4, -0.2) is 12.6 Å². The number of rotatable bonds is 6. The average molecular weight is 628 g/mol. The molecule has 1 aromatic heterocycles. The van der Waals surface area contributed by atoms with E-state index in [4.69, 9.17) is 6.57 Å². The summed E-state index contributed by atoms with van der Waals surface area (Å²) in [6.45, 7) is 8.76. The van der Waals surface area contributed by atoms with Crippen LogP contribution in [0.15, 0.2) is 176 Å². The Morgan fingerprint density at radius 1 is 0.542 bits per heavy atom. The summed E-state index contributed by atoms with van der Waals surface area (Å²) in [6, 6.07) is 63.2. The van der Waals surface area contributed by atoms with Crippen molar-refractivity contribution in [3.05, 3.63) is 193 Å². The Bertz CT molecular complexity index is 2370. The summed E-state index contributed by atoms with van der Waals surface area (Å²) in [4.78, 5) is 4.32. The van der Waals surface area contributed by atoms with Crippen LogP contribution in [0.4, 0.5) is 5.69 Å². The van der Waals surface area contributed by atoms with Crippen molar-refractivity contribution >= 4 is 56.3 Å². The minimum atomic E-state index is -3.18. The van der Waals surface area contributed by atoms with Crippen LogP contribution in [0.2, 0.25) is 0 Å². The molecule has 1 heterocycles. The lowest BCUT2D eigenvalue weighted by atomic mass is 10.0. The zero-order valence-corrected chi connectivity index (χ0v) is 27.1. The molecule has 48 heavy (non-hydrogen) atoms. The lowest BCUT2D eigenvalue weighted by molar-refractivity contribution is 1.18. The van der Waals surface area contributed by atoms with Crippen LogP contribution in [0.1, 0.15) is 5.56 Å². The smallest absolute Gasteiger partial charge is 0.196 e. The molecule has 0 fully saturated rings. The molecule has 3 nitrogen and oxygen atoms in total. The molecule has 0 unspecified atom stereocenters. The SMILES string of the molecule is [C-]#[N+]c1c(-c2cccc(-n3c4ccccc4c4ccccc43)c2)ccc(C#N)c1[Si](c1ccccc1)(c1ccccc1)c1ccccc1. The van der Waals surface area contributed by atoms with E-state index in [2.05, 4.69) is 161 Å². The average Bonchev–Trinajstić information content (AvgIpc) is 3.51. The van der Waals surface area contributed by atoms with Gasteiger partial charge in [0.1, 0.15) is 0 Å². The van der Waals surface area contributed by atoms with Crippen LogP contribution in [-0.2, 0) is 0 Å². The molecular weight excluding hydrogens is 599 g/mol. The zero-order valence-electron chi connectivity index (χ0n) is 26.1. The van der Waals surface area contributed by atoms with Crippen LogP contribution >= 0.6 is 0 Å². The lowest BCUT2D eigenvalue weighted by Gasteiger charge is -2.36. The van der Waals surface area contributed by atoms with Gasteiger partial charge in [0.2, 0.25) is 0 Å². The molecule has 7 aromatic carbocycles. The second kappa shape index (κ2) is 12.0. The summed E-state index contributed by atoms with van der Waals surface area (Å²) in [7, 11) is -3.18. The van der Waals surface area contributed by atoms with Crippen molar-refractivity contribution in [3.63, 3.8) is 0 Å². The molecule has 224 valence electrons. The molecule has 0 aliphatic heterocycles. The van der Waals surface area contributed by atoms with Crippen LogP contribution < -0.4 is 20.7 Å². The summed E-state index contributed by atoms with van der Waals surface area (Å²) >= 11 is 0. The van der Waals surface area contributed by atoms with E-state index in [1.54, 1.807) is 0 Å². The summed E-state index contributed by atoms with van der Waals surface area (Å²) < 4.78 is 2.30. The number of para-hydroxylation sites is 2. The molecular formula is C44H29N3Si. The molecule has 0 N–H and O–H groups in total. The standard InChI is InChI=1S/C44H29N3Si/c1-46-43-38(32-16-15-17-34(30-32)47-41-26-13-11-24-39(41)40-25-12-14-27-42(40)47)29-28-33(31-45)44(43)48(35-18-5-2-6-19-35,36-20-7-3-8-21-36)37-22-9-4-10-23-37/h2-30H. The van der Waals surface area contributed by atoms with Crippen LogP contribution in [0, 0.1) is 17.9 Å². The molecule has 0 spiro atoms.